The van der Waals surface area contributed by atoms with Crippen LogP contribution >= 0.6 is 12.4 Å². The molecule has 2 fully saturated rings. The highest BCUT2D eigenvalue weighted by molar-refractivity contribution is 6.34. The van der Waals surface area contributed by atoms with Crippen LogP contribution in [0.2, 0.25) is 0 Å². The molecule has 0 aliphatic carbocycles. The lowest BCUT2D eigenvalue weighted by atomic mass is 10.0. The van der Waals surface area contributed by atoms with Crippen LogP contribution < -0.4 is 5.32 Å². The molecule has 3 aliphatic rings. The van der Waals surface area contributed by atoms with E-state index in [1.807, 2.05) is 30.3 Å². The summed E-state index contributed by atoms with van der Waals surface area (Å²) in [5, 5.41) is 2.92. The number of cyclic esters (lactones) is 1. The minimum atomic E-state index is -0.292. The van der Waals surface area contributed by atoms with E-state index in [0.29, 0.717) is 25.3 Å². The Hall–Kier alpha value is -2.81. The Morgan fingerprint density at radius 2 is 1.84 bits per heavy atom. The van der Waals surface area contributed by atoms with Gasteiger partial charge in [0, 0.05) is 48.8 Å². The van der Waals surface area contributed by atoms with Crippen LogP contribution in [0.25, 0.3) is 11.6 Å². The molecule has 1 aromatic carbocycles. The van der Waals surface area contributed by atoms with E-state index in [4.69, 9.17) is 9.47 Å². The molecule has 1 aromatic heterocycles. The molecule has 0 atom stereocenters. The predicted molar refractivity (Wildman–Crippen MR) is 119 cm³/mol. The summed E-state index contributed by atoms with van der Waals surface area (Å²) in [6.07, 6.45) is 1.59. The van der Waals surface area contributed by atoms with Crippen molar-refractivity contribution in [1.29, 1.82) is 0 Å². The Kier molecular flexibility index (Phi) is 6.31. The third kappa shape index (κ3) is 4.61. The van der Waals surface area contributed by atoms with Crippen molar-refractivity contribution >= 4 is 41.7 Å². The SMILES string of the molecule is Cl.O=C1Nc2ccc(CN3CCOC3=O)cc2/C1=C\c1ccc(CN2CCOCC2)[nH]1. The van der Waals surface area contributed by atoms with Crippen LogP contribution in [0.3, 0.4) is 0 Å². The van der Waals surface area contributed by atoms with E-state index in [1.54, 1.807) is 4.90 Å². The van der Waals surface area contributed by atoms with Gasteiger partial charge in [-0.25, -0.2) is 4.79 Å². The van der Waals surface area contributed by atoms with Gasteiger partial charge >= 0.3 is 6.09 Å². The number of nitrogens with one attached hydrogen (secondary N) is 2. The minimum Gasteiger partial charge on any atom is -0.448 e. The number of benzene rings is 1. The monoisotopic (exact) mass is 444 g/mol. The Morgan fingerprint density at radius 3 is 2.61 bits per heavy atom. The number of amides is 2. The number of ether oxygens (including phenoxy) is 2. The first-order chi connectivity index (χ1) is 14.7. The molecule has 164 valence electrons. The van der Waals surface area contributed by atoms with Gasteiger partial charge in [-0.2, -0.15) is 0 Å². The molecule has 31 heavy (non-hydrogen) atoms. The number of fused-ring (bicyclic) bond motifs is 1. The highest BCUT2D eigenvalue weighted by atomic mass is 35.5. The normalized spacial score (nSPS) is 19.9. The molecule has 2 amide bonds. The van der Waals surface area contributed by atoms with Crippen LogP contribution in [0.15, 0.2) is 30.3 Å². The third-order valence-electron chi connectivity index (χ3n) is 5.65. The average molecular weight is 445 g/mol. The number of carbonyl (C=O) groups excluding carboxylic acids is 2. The van der Waals surface area contributed by atoms with Crippen LogP contribution in [0, 0.1) is 0 Å². The topological polar surface area (TPSA) is 86.9 Å². The Labute approximate surface area is 186 Å². The van der Waals surface area contributed by atoms with Gasteiger partial charge in [0.1, 0.15) is 6.61 Å². The van der Waals surface area contributed by atoms with Crippen molar-refractivity contribution < 1.29 is 19.1 Å². The molecular weight excluding hydrogens is 420 g/mol. The van der Waals surface area contributed by atoms with Gasteiger partial charge in [0.05, 0.1) is 25.3 Å². The summed E-state index contributed by atoms with van der Waals surface area (Å²) in [4.78, 5) is 31.7. The summed E-state index contributed by atoms with van der Waals surface area (Å²) in [6, 6.07) is 9.86. The van der Waals surface area contributed by atoms with E-state index in [9.17, 15) is 9.59 Å². The molecule has 0 saturated carbocycles. The summed E-state index contributed by atoms with van der Waals surface area (Å²) in [5.74, 6) is -0.118. The molecule has 9 heteroatoms. The van der Waals surface area contributed by atoms with Crippen LogP contribution in [0.5, 0.6) is 0 Å². The molecule has 8 nitrogen and oxygen atoms in total. The van der Waals surface area contributed by atoms with Crippen molar-refractivity contribution in [3.63, 3.8) is 0 Å². The Bertz CT molecular complexity index is 1010. The van der Waals surface area contributed by atoms with E-state index in [1.165, 1.54) is 0 Å². The highest BCUT2D eigenvalue weighted by Crippen LogP contribution is 2.34. The zero-order chi connectivity index (χ0) is 20.5. The summed E-state index contributed by atoms with van der Waals surface area (Å²) in [5.41, 5.74) is 5.24. The van der Waals surface area contributed by atoms with Gasteiger partial charge in [-0.15, -0.1) is 12.4 Å². The first-order valence-electron chi connectivity index (χ1n) is 10.2. The largest absolute Gasteiger partial charge is 0.448 e. The lowest BCUT2D eigenvalue weighted by molar-refractivity contribution is -0.110. The maximum Gasteiger partial charge on any atom is 0.410 e. The second-order valence-electron chi connectivity index (χ2n) is 7.76. The molecule has 2 N–H and O–H groups in total. The molecule has 4 heterocycles. The third-order valence-corrected chi connectivity index (χ3v) is 5.65. The summed E-state index contributed by atoms with van der Waals surface area (Å²) in [6.45, 7) is 5.72. The fourth-order valence-corrected chi connectivity index (χ4v) is 4.06. The van der Waals surface area contributed by atoms with Gasteiger partial charge in [0.2, 0.25) is 0 Å². The van der Waals surface area contributed by atoms with Crippen LogP contribution in [-0.2, 0) is 27.4 Å². The number of aromatic amines is 1. The number of morpholine rings is 1. The standard InChI is InChI=1S/C22H24N4O4.ClH/c27-21-19(12-16-2-3-17(23-16)14-25-5-8-29-9-6-25)18-11-15(1-4-20(18)24-21)13-26-7-10-30-22(26)28;/h1-4,11-12,23H,5-10,13-14H2,(H,24,27);1H/b19-12+;. The Morgan fingerprint density at radius 1 is 1.00 bits per heavy atom. The van der Waals surface area contributed by atoms with Crippen molar-refractivity contribution in [2.24, 2.45) is 0 Å². The lowest BCUT2D eigenvalue weighted by Crippen LogP contribution is -2.35. The quantitative estimate of drug-likeness (QED) is 0.692. The molecule has 0 unspecified atom stereocenters. The average Bonchev–Trinajstić information content (AvgIpc) is 3.44. The van der Waals surface area contributed by atoms with Crippen LogP contribution in [0.1, 0.15) is 22.5 Å². The lowest BCUT2D eigenvalue weighted by Gasteiger charge is -2.25. The number of hydrogen-bond donors (Lipinski definition) is 2. The minimum absolute atomic E-state index is 0. The van der Waals surface area contributed by atoms with E-state index in [0.717, 1.165) is 61.1 Å². The molecule has 3 aliphatic heterocycles. The van der Waals surface area contributed by atoms with E-state index < -0.39 is 0 Å². The van der Waals surface area contributed by atoms with E-state index in [-0.39, 0.29) is 24.4 Å². The fourth-order valence-electron chi connectivity index (χ4n) is 4.06. The molecule has 2 saturated heterocycles. The van der Waals surface area contributed by atoms with Crippen molar-refractivity contribution in [3.8, 4) is 0 Å². The number of aromatic nitrogens is 1. The zero-order valence-corrected chi connectivity index (χ0v) is 17.9. The number of nitrogens with zero attached hydrogens (tertiary/aromatic N) is 2. The second kappa shape index (κ2) is 9.13. The maximum atomic E-state index is 12.6. The molecule has 0 radical (unpaired) electrons. The van der Waals surface area contributed by atoms with Gasteiger partial charge < -0.3 is 24.7 Å². The van der Waals surface area contributed by atoms with Crippen molar-refractivity contribution in [3.05, 3.63) is 52.8 Å². The van der Waals surface area contributed by atoms with Gasteiger partial charge in [-0.1, -0.05) is 6.07 Å². The second-order valence-corrected chi connectivity index (χ2v) is 7.76. The molecule has 5 rings (SSSR count). The zero-order valence-electron chi connectivity index (χ0n) is 17.1. The van der Waals surface area contributed by atoms with Gasteiger partial charge in [-0.3, -0.25) is 9.69 Å². The first kappa shape index (κ1) is 21.4. The number of H-pyrrole nitrogens is 1. The van der Waals surface area contributed by atoms with Crippen molar-refractivity contribution in [2.45, 2.75) is 13.1 Å². The predicted octanol–water partition coefficient (Wildman–Crippen LogP) is 2.71. The van der Waals surface area contributed by atoms with Gasteiger partial charge in [-0.05, 0) is 35.9 Å². The van der Waals surface area contributed by atoms with Gasteiger partial charge in [0.25, 0.3) is 5.91 Å². The van der Waals surface area contributed by atoms with Crippen molar-refractivity contribution in [2.75, 3.05) is 44.8 Å². The number of anilines is 1. The molecule has 2 aromatic rings. The molecule has 0 bridgehead atoms. The molecular formula is C22H25ClN4O4. The summed E-state index contributed by atoms with van der Waals surface area (Å²) in [7, 11) is 0. The molecule has 0 spiro atoms. The Balaban J connectivity index is 0.00000231. The van der Waals surface area contributed by atoms with Crippen LogP contribution in [0.4, 0.5) is 10.5 Å². The summed E-state index contributed by atoms with van der Waals surface area (Å²) >= 11 is 0. The maximum absolute atomic E-state index is 12.6. The highest BCUT2D eigenvalue weighted by Gasteiger charge is 2.26. The van der Waals surface area contributed by atoms with Crippen LogP contribution in [-0.4, -0.2) is 66.2 Å². The number of halogens is 1. The van der Waals surface area contributed by atoms with Gasteiger partial charge in [0.15, 0.2) is 0 Å². The first-order valence-corrected chi connectivity index (χ1v) is 10.2. The number of hydrogen-bond acceptors (Lipinski definition) is 5. The van der Waals surface area contributed by atoms with E-state index in [2.05, 4.69) is 21.3 Å². The van der Waals surface area contributed by atoms with Crippen molar-refractivity contribution in [1.82, 2.24) is 14.8 Å². The summed E-state index contributed by atoms with van der Waals surface area (Å²) < 4.78 is 10.4. The fraction of sp³-hybridized carbons (Fsp3) is 0.364. The number of carbonyl (C=O) groups is 2. The number of rotatable bonds is 5. The smallest absolute Gasteiger partial charge is 0.410 e. The van der Waals surface area contributed by atoms with E-state index >= 15 is 0 Å².